The molecule has 0 spiro atoms. The lowest BCUT2D eigenvalue weighted by molar-refractivity contribution is 0.0776. The van der Waals surface area contributed by atoms with E-state index in [4.69, 9.17) is 9.56 Å². The Balaban J connectivity index is 2.21. The van der Waals surface area contributed by atoms with Gasteiger partial charge < -0.3 is 9.32 Å². The smallest absolute Gasteiger partial charge is 0.265 e. The molecule has 2 aromatic heterocycles. The summed E-state index contributed by atoms with van der Waals surface area (Å²) in [6.45, 7) is 2.07. The molecule has 0 bridgehead atoms. The normalized spacial score (nSPS) is 11.6. The van der Waals surface area contributed by atoms with Crippen LogP contribution in [-0.2, 0) is 16.6 Å². The second-order valence-corrected chi connectivity index (χ2v) is 6.78. The monoisotopic (exact) mass is 314 g/mol. The van der Waals surface area contributed by atoms with Gasteiger partial charge in [-0.15, -0.1) is 11.3 Å². The fourth-order valence-electron chi connectivity index (χ4n) is 1.73. The van der Waals surface area contributed by atoms with E-state index in [1.807, 2.05) is 6.92 Å². The van der Waals surface area contributed by atoms with Crippen molar-refractivity contribution < 1.29 is 17.6 Å². The molecule has 0 saturated heterocycles. The summed E-state index contributed by atoms with van der Waals surface area (Å²) in [4.78, 5) is 13.6. The number of amides is 1. The third kappa shape index (κ3) is 3.09. The topological polar surface area (TPSA) is 93.6 Å². The van der Waals surface area contributed by atoms with Gasteiger partial charge in [0.15, 0.2) is 0 Å². The molecule has 1 amide bonds. The number of nitrogens with zero attached hydrogens (tertiary/aromatic N) is 1. The molecule has 2 N–H and O–H groups in total. The van der Waals surface area contributed by atoms with Gasteiger partial charge in [-0.25, -0.2) is 13.6 Å². The van der Waals surface area contributed by atoms with Crippen molar-refractivity contribution >= 4 is 27.3 Å². The summed E-state index contributed by atoms with van der Waals surface area (Å²) < 4.78 is 28.2. The molecule has 0 atom stereocenters. The summed E-state index contributed by atoms with van der Waals surface area (Å²) in [5.41, 5.74) is 0. The van der Waals surface area contributed by atoms with Crippen molar-refractivity contribution in [2.45, 2.75) is 18.4 Å². The quantitative estimate of drug-likeness (QED) is 0.927. The lowest BCUT2D eigenvalue weighted by Gasteiger charge is -2.15. The number of carbonyl (C=O) groups is 1. The van der Waals surface area contributed by atoms with Crippen LogP contribution in [0.15, 0.2) is 32.9 Å². The molecular formula is C12H14N2O4S2. The zero-order valence-electron chi connectivity index (χ0n) is 11.0. The first kappa shape index (κ1) is 14.8. The molecule has 0 aliphatic carbocycles. The van der Waals surface area contributed by atoms with Crippen molar-refractivity contribution in [3.05, 3.63) is 40.0 Å². The maximum atomic E-state index is 12.3. The molecule has 6 nitrogen and oxygen atoms in total. The second kappa shape index (κ2) is 5.39. The van der Waals surface area contributed by atoms with Crippen molar-refractivity contribution in [2.75, 3.05) is 7.05 Å². The van der Waals surface area contributed by atoms with Crippen molar-refractivity contribution in [1.82, 2.24) is 4.90 Å². The molecule has 0 radical (unpaired) electrons. The molecule has 0 aromatic carbocycles. The Morgan fingerprint density at radius 3 is 2.65 bits per heavy atom. The van der Waals surface area contributed by atoms with E-state index in [9.17, 15) is 13.2 Å². The Morgan fingerprint density at radius 2 is 2.10 bits per heavy atom. The Kier molecular flexibility index (Phi) is 3.98. The molecule has 20 heavy (non-hydrogen) atoms. The lowest BCUT2D eigenvalue weighted by Crippen LogP contribution is -2.27. The number of hydrogen-bond donors (Lipinski definition) is 1. The van der Waals surface area contributed by atoms with E-state index >= 15 is 0 Å². The Bertz CT molecular complexity index is 730. The lowest BCUT2D eigenvalue weighted by atomic mass is 10.3. The molecule has 2 heterocycles. The van der Waals surface area contributed by atoms with E-state index in [2.05, 4.69) is 0 Å². The molecule has 0 saturated carbocycles. The average molecular weight is 314 g/mol. The van der Waals surface area contributed by atoms with Gasteiger partial charge in [0.05, 0.1) is 6.54 Å². The van der Waals surface area contributed by atoms with Crippen molar-refractivity contribution in [3.63, 3.8) is 0 Å². The van der Waals surface area contributed by atoms with Crippen LogP contribution >= 0.6 is 11.3 Å². The number of hydrogen-bond acceptors (Lipinski definition) is 5. The molecule has 0 aliphatic rings. The van der Waals surface area contributed by atoms with Gasteiger partial charge in [0.2, 0.25) is 10.0 Å². The second-order valence-electron chi connectivity index (χ2n) is 4.33. The zero-order chi connectivity index (χ0) is 14.9. The molecular weight excluding hydrogens is 300 g/mol. The van der Waals surface area contributed by atoms with Gasteiger partial charge >= 0.3 is 0 Å². The van der Waals surface area contributed by atoms with Gasteiger partial charge in [0.25, 0.3) is 5.91 Å². The van der Waals surface area contributed by atoms with Crippen molar-refractivity contribution in [1.29, 1.82) is 0 Å². The molecule has 0 unspecified atom stereocenters. The predicted octanol–water partition coefficient (Wildman–Crippen LogP) is 1.57. The zero-order valence-corrected chi connectivity index (χ0v) is 12.6. The molecule has 108 valence electrons. The number of rotatable bonds is 4. The number of sulfonamides is 1. The number of aryl methyl sites for hydroxylation is 1. The van der Waals surface area contributed by atoms with Gasteiger partial charge in [-0.05, 0) is 30.5 Å². The third-order valence-corrected chi connectivity index (χ3v) is 4.65. The first-order valence-electron chi connectivity index (χ1n) is 5.70. The fraction of sp³-hybridized carbons (Fsp3) is 0.250. The molecule has 0 fully saturated rings. The highest BCUT2D eigenvalue weighted by Gasteiger charge is 2.23. The first-order valence-corrected chi connectivity index (χ1v) is 8.12. The van der Waals surface area contributed by atoms with Crippen LogP contribution < -0.4 is 5.14 Å². The minimum Gasteiger partial charge on any atom is -0.464 e. The van der Waals surface area contributed by atoms with Crippen LogP contribution in [0.5, 0.6) is 0 Å². The Morgan fingerprint density at radius 1 is 1.40 bits per heavy atom. The minimum atomic E-state index is -3.90. The van der Waals surface area contributed by atoms with Gasteiger partial charge in [0.1, 0.15) is 21.3 Å². The van der Waals surface area contributed by atoms with Crippen LogP contribution in [0.2, 0.25) is 0 Å². The van der Waals surface area contributed by atoms with E-state index in [0.29, 0.717) is 5.76 Å². The number of thiophene rings is 1. The van der Waals surface area contributed by atoms with E-state index in [1.54, 1.807) is 19.2 Å². The predicted molar refractivity (Wildman–Crippen MR) is 74.9 cm³/mol. The highest BCUT2D eigenvalue weighted by molar-refractivity contribution is 7.89. The standard InChI is InChI=1S/C12H14N2O4S2/c1-8-3-4-9(18-8)7-14(2)12(15)11-10(5-6-19-11)20(13,16)17/h3-6H,7H2,1-2H3,(H2,13,16,17). The number of furan rings is 1. The largest absolute Gasteiger partial charge is 0.464 e. The van der Waals surface area contributed by atoms with Crippen LogP contribution in [0.4, 0.5) is 0 Å². The van der Waals surface area contributed by atoms with Gasteiger partial charge in [-0.2, -0.15) is 0 Å². The molecule has 8 heteroatoms. The SMILES string of the molecule is Cc1ccc(CN(C)C(=O)c2sccc2S(N)(=O)=O)o1. The maximum absolute atomic E-state index is 12.3. The van der Waals surface area contributed by atoms with E-state index < -0.39 is 15.9 Å². The van der Waals surface area contributed by atoms with Crippen molar-refractivity contribution in [3.8, 4) is 0 Å². The molecule has 2 rings (SSSR count). The Hall–Kier alpha value is -1.64. The van der Waals surface area contributed by atoms with E-state index in [1.165, 1.54) is 16.3 Å². The van der Waals surface area contributed by atoms with Gasteiger partial charge in [-0.1, -0.05) is 0 Å². The van der Waals surface area contributed by atoms with Crippen LogP contribution in [0.25, 0.3) is 0 Å². The number of carbonyl (C=O) groups excluding carboxylic acids is 1. The first-order chi connectivity index (χ1) is 9.29. The maximum Gasteiger partial charge on any atom is 0.265 e. The fourth-order valence-corrected chi connectivity index (χ4v) is 3.69. The average Bonchev–Trinajstić information content (AvgIpc) is 2.96. The van der Waals surface area contributed by atoms with Gasteiger partial charge in [-0.3, -0.25) is 4.79 Å². The summed E-state index contributed by atoms with van der Waals surface area (Å²) in [5.74, 6) is 0.979. The third-order valence-electron chi connectivity index (χ3n) is 2.67. The molecule has 0 aliphatic heterocycles. The Labute approximate surface area is 120 Å². The highest BCUT2D eigenvalue weighted by Crippen LogP contribution is 2.23. The van der Waals surface area contributed by atoms with E-state index in [0.717, 1.165) is 17.1 Å². The van der Waals surface area contributed by atoms with E-state index in [-0.39, 0.29) is 16.3 Å². The summed E-state index contributed by atoms with van der Waals surface area (Å²) >= 11 is 1.05. The van der Waals surface area contributed by atoms with Gasteiger partial charge in [0, 0.05) is 7.05 Å². The van der Waals surface area contributed by atoms with Crippen LogP contribution in [0.3, 0.4) is 0 Å². The highest BCUT2D eigenvalue weighted by atomic mass is 32.2. The summed E-state index contributed by atoms with van der Waals surface area (Å²) in [5, 5.41) is 6.61. The van der Waals surface area contributed by atoms with Crippen LogP contribution in [0, 0.1) is 6.92 Å². The summed E-state index contributed by atoms with van der Waals surface area (Å²) in [7, 11) is -2.32. The van der Waals surface area contributed by atoms with Crippen molar-refractivity contribution in [2.24, 2.45) is 5.14 Å². The minimum absolute atomic E-state index is 0.110. The summed E-state index contributed by atoms with van der Waals surface area (Å²) in [6, 6.07) is 4.90. The van der Waals surface area contributed by atoms with Crippen LogP contribution in [0.1, 0.15) is 21.2 Å². The number of primary sulfonamides is 1. The van der Waals surface area contributed by atoms with Crippen LogP contribution in [-0.4, -0.2) is 26.3 Å². The number of nitrogens with two attached hydrogens (primary N) is 1. The molecule has 2 aromatic rings. The summed E-state index contributed by atoms with van der Waals surface area (Å²) in [6.07, 6.45) is 0.